The van der Waals surface area contributed by atoms with Gasteiger partial charge in [-0.15, -0.1) is 0 Å². The van der Waals surface area contributed by atoms with Crippen LogP contribution >= 0.6 is 15.9 Å². The third-order valence-electron chi connectivity index (χ3n) is 4.22. The van der Waals surface area contributed by atoms with Crippen LogP contribution in [0, 0.1) is 5.92 Å². The van der Waals surface area contributed by atoms with Crippen LogP contribution in [0.3, 0.4) is 0 Å². The van der Waals surface area contributed by atoms with Gasteiger partial charge < -0.3 is 0 Å². The molecular formula is C16H24BrNO2S. The van der Waals surface area contributed by atoms with Crippen LogP contribution in [-0.2, 0) is 16.4 Å². The number of rotatable bonds is 6. The summed E-state index contributed by atoms with van der Waals surface area (Å²) in [5, 5.41) is 0.689. The molecule has 0 amide bonds. The zero-order chi connectivity index (χ0) is 15.3. The molecule has 2 rings (SSSR count). The van der Waals surface area contributed by atoms with Gasteiger partial charge in [0.1, 0.15) is 0 Å². The highest BCUT2D eigenvalue weighted by Crippen LogP contribution is 2.34. The fourth-order valence-electron chi connectivity index (χ4n) is 3.18. The smallest absolute Gasteiger partial charge is 0.212 e. The molecule has 3 nitrogen and oxygen atoms in total. The largest absolute Gasteiger partial charge is 0.212 e. The maximum absolute atomic E-state index is 12.4. The molecule has 2 atom stereocenters. The lowest BCUT2D eigenvalue weighted by Crippen LogP contribution is -2.53. The topological polar surface area (TPSA) is 46.2 Å². The fraction of sp³-hybridized carbons (Fsp3) is 0.625. The van der Waals surface area contributed by atoms with Gasteiger partial charge in [0.05, 0.1) is 5.75 Å². The minimum absolute atomic E-state index is 0.153. The average Bonchev–Trinajstić information content (AvgIpc) is 2.46. The molecule has 21 heavy (non-hydrogen) atoms. The molecule has 1 aromatic rings. The van der Waals surface area contributed by atoms with E-state index < -0.39 is 10.0 Å². The van der Waals surface area contributed by atoms with Gasteiger partial charge in [0.2, 0.25) is 10.0 Å². The zero-order valence-electron chi connectivity index (χ0n) is 12.5. The molecule has 118 valence electrons. The number of nitrogens with one attached hydrogen (secondary N) is 1. The Morgan fingerprint density at radius 3 is 2.67 bits per heavy atom. The summed E-state index contributed by atoms with van der Waals surface area (Å²) in [7, 11) is -3.25. The molecule has 5 heteroatoms. The molecule has 0 aromatic heterocycles. The van der Waals surface area contributed by atoms with Gasteiger partial charge in [-0.25, -0.2) is 13.1 Å². The van der Waals surface area contributed by atoms with Gasteiger partial charge in [0, 0.05) is 10.9 Å². The van der Waals surface area contributed by atoms with Crippen molar-refractivity contribution in [3.8, 4) is 0 Å². The Hall–Kier alpha value is -0.390. The lowest BCUT2D eigenvalue weighted by Gasteiger charge is -2.39. The van der Waals surface area contributed by atoms with E-state index in [1.165, 1.54) is 6.42 Å². The number of sulfonamides is 1. The molecule has 0 aliphatic heterocycles. The fourth-order valence-corrected chi connectivity index (χ4v) is 5.54. The summed E-state index contributed by atoms with van der Waals surface area (Å²) >= 11 is 3.52. The molecular weight excluding hydrogens is 350 g/mol. The van der Waals surface area contributed by atoms with Crippen molar-refractivity contribution < 1.29 is 8.42 Å². The van der Waals surface area contributed by atoms with E-state index in [4.69, 9.17) is 0 Å². The van der Waals surface area contributed by atoms with Crippen LogP contribution in [0.15, 0.2) is 30.3 Å². The van der Waals surface area contributed by atoms with Crippen LogP contribution in [0.1, 0.15) is 38.2 Å². The quantitative estimate of drug-likeness (QED) is 0.775. The first-order chi connectivity index (χ1) is 9.95. The Kier molecular flexibility index (Phi) is 5.86. The van der Waals surface area contributed by atoms with Crippen molar-refractivity contribution in [3.05, 3.63) is 35.9 Å². The number of benzene rings is 1. The number of alkyl halides is 1. The molecule has 0 saturated heterocycles. The van der Waals surface area contributed by atoms with Gasteiger partial charge in [-0.1, -0.05) is 66.0 Å². The van der Waals surface area contributed by atoms with Crippen molar-refractivity contribution in [1.82, 2.24) is 4.72 Å². The number of hydrogen-bond acceptors (Lipinski definition) is 2. The first-order valence-electron chi connectivity index (χ1n) is 7.56. The Morgan fingerprint density at radius 2 is 2.05 bits per heavy atom. The first-order valence-corrected chi connectivity index (χ1v) is 10.3. The maximum atomic E-state index is 12.4. The van der Waals surface area contributed by atoms with Crippen LogP contribution in [-0.4, -0.2) is 25.0 Å². The van der Waals surface area contributed by atoms with Gasteiger partial charge >= 0.3 is 0 Å². The van der Waals surface area contributed by atoms with Crippen molar-refractivity contribution in [1.29, 1.82) is 0 Å². The summed E-state index contributed by atoms with van der Waals surface area (Å²) in [5.74, 6) is 0.730. The second-order valence-electron chi connectivity index (χ2n) is 6.27. The second kappa shape index (κ2) is 7.25. The lowest BCUT2D eigenvalue weighted by atomic mass is 9.78. The highest BCUT2D eigenvalue weighted by molar-refractivity contribution is 9.09. The Balaban J connectivity index is 1.99. The minimum Gasteiger partial charge on any atom is -0.212 e. The predicted molar refractivity (Wildman–Crippen MR) is 91.2 cm³/mol. The van der Waals surface area contributed by atoms with Crippen LogP contribution in [0.2, 0.25) is 0 Å². The van der Waals surface area contributed by atoms with Gasteiger partial charge in [-0.05, 0) is 30.7 Å². The summed E-state index contributed by atoms with van der Waals surface area (Å²) in [6, 6.07) is 9.77. The Labute approximate surface area is 136 Å². The molecule has 0 heterocycles. The third kappa shape index (κ3) is 5.08. The molecule has 1 aliphatic carbocycles. The van der Waals surface area contributed by atoms with Crippen molar-refractivity contribution >= 4 is 26.0 Å². The summed E-state index contributed by atoms with van der Waals surface area (Å²) < 4.78 is 27.8. The van der Waals surface area contributed by atoms with E-state index in [2.05, 4.69) is 27.6 Å². The minimum atomic E-state index is -3.25. The van der Waals surface area contributed by atoms with E-state index in [0.717, 1.165) is 24.8 Å². The van der Waals surface area contributed by atoms with E-state index in [-0.39, 0.29) is 11.3 Å². The molecule has 0 radical (unpaired) electrons. The Morgan fingerprint density at radius 1 is 1.33 bits per heavy atom. The number of hydrogen-bond donors (Lipinski definition) is 1. The number of halogens is 1. The van der Waals surface area contributed by atoms with Crippen LogP contribution in [0.4, 0.5) is 0 Å². The van der Waals surface area contributed by atoms with Gasteiger partial charge in [-0.3, -0.25) is 0 Å². The second-order valence-corrected chi connectivity index (χ2v) is 8.67. The summed E-state index contributed by atoms with van der Waals surface area (Å²) in [6.07, 6.45) is 4.69. The van der Waals surface area contributed by atoms with Gasteiger partial charge in [0.25, 0.3) is 0 Å². The predicted octanol–water partition coefficient (Wildman–Crippen LogP) is 3.49. The SMILES string of the molecule is CC1CCCC(CBr)(NS(=O)(=O)CCc2ccccc2)C1. The van der Waals surface area contributed by atoms with Crippen molar-refractivity contribution in [2.24, 2.45) is 5.92 Å². The van der Waals surface area contributed by atoms with Crippen molar-refractivity contribution in [2.75, 3.05) is 11.1 Å². The molecule has 0 spiro atoms. The average molecular weight is 374 g/mol. The van der Waals surface area contributed by atoms with Crippen LogP contribution in [0.25, 0.3) is 0 Å². The van der Waals surface area contributed by atoms with E-state index in [1.807, 2.05) is 30.3 Å². The highest BCUT2D eigenvalue weighted by Gasteiger charge is 2.37. The van der Waals surface area contributed by atoms with Crippen molar-refractivity contribution in [3.63, 3.8) is 0 Å². The van der Waals surface area contributed by atoms with Gasteiger partial charge in [-0.2, -0.15) is 0 Å². The standard InChI is InChI=1S/C16H24BrNO2S/c1-14-6-5-10-16(12-14,13-17)18-21(19,20)11-9-15-7-3-2-4-8-15/h2-4,7-8,14,18H,5-6,9-13H2,1H3. The first kappa shape index (κ1) is 17.0. The molecule has 1 saturated carbocycles. The zero-order valence-corrected chi connectivity index (χ0v) is 14.9. The maximum Gasteiger partial charge on any atom is 0.212 e. The monoisotopic (exact) mass is 373 g/mol. The Bertz CT molecular complexity index is 547. The van der Waals surface area contributed by atoms with Crippen molar-refractivity contribution in [2.45, 2.75) is 44.6 Å². The summed E-state index contributed by atoms with van der Waals surface area (Å²) in [4.78, 5) is 0. The lowest BCUT2D eigenvalue weighted by molar-refractivity contribution is 0.241. The third-order valence-corrected chi connectivity index (χ3v) is 6.78. The molecule has 1 N–H and O–H groups in total. The molecule has 1 aromatic carbocycles. The molecule has 2 unspecified atom stereocenters. The van der Waals surface area contributed by atoms with Gasteiger partial charge in [0.15, 0.2) is 0 Å². The summed E-state index contributed by atoms with van der Waals surface area (Å²) in [6.45, 7) is 2.20. The molecule has 1 fully saturated rings. The summed E-state index contributed by atoms with van der Waals surface area (Å²) in [5.41, 5.74) is 0.764. The van der Waals surface area contributed by atoms with E-state index >= 15 is 0 Å². The normalized spacial score (nSPS) is 26.7. The van der Waals surface area contributed by atoms with E-state index in [9.17, 15) is 8.42 Å². The van der Waals surface area contributed by atoms with E-state index in [0.29, 0.717) is 17.7 Å². The molecule has 0 bridgehead atoms. The highest BCUT2D eigenvalue weighted by atomic mass is 79.9. The van der Waals surface area contributed by atoms with Crippen LogP contribution in [0.5, 0.6) is 0 Å². The molecule has 1 aliphatic rings. The van der Waals surface area contributed by atoms with E-state index in [1.54, 1.807) is 0 Å². The number of aryl methyl sites for hydroxylation is 1. The van der Waals surface area contributed by atoms with Crippen LogP contribution < -0.4 is 4.72 Å².